The van der Waals surface area contributed by atoms with Crippen molar-refractivity contribution < 1.29 is 18.1 Å². The van der Waals surface area contributed by atoms with Crippen LogP contribution in [0.25, 0.3) is 0 Å². The van der Waals surface area contributed by atoms with Gasteiger partial charge in [-0.3, -0.25) is 15.0 Å². The van der Waals surface area contributed by atoms with Crippen LogP contribution in [-0.2, 0) is 16.6 Å². The quantitative estimate of drug-likeness (QED) is 0.519. The number of ether oxygens (including phenoxy) is 1. The number of hydrogen-bond acceptors (Lipinski definition) is 6. The van der Waals surface area contributed by atoms with Gasteiger partial charge < -0.3 is 4.74 Å². The van der Waals surface area contributed by atoms with Gasteiger partial charge in [0, 0.05) is 44.4 Å². The van der Waals surface area contributed by atoms with Crippen LogP contribution in [0.4, 0.5) is 5.69 Å². The van der Waals surface area contributed by atoms with Gasteiger partial charge in [0.1, 0.15) is 5.75 Å². The first-order valence-electron chi connectivity index (χ1n) is 9.10. The van der Waals surface area contributed by atoms with E-state index in [1.165, 1.54) is 28.6 Å². The predicted molar refractivity (Wildman–Crippen MR) is 105 cm³/mol. The van der Waals surface area contributed by atoms with Gasteiger partial charge in [-0.25, -0.2) is 8.42 Å². The standard InChI is InChI=1S/C19H23N3O5S/c1-2-27-18-9-5-3-7-16(18)15-20-11-13-21(14-12-20)28(25,26)19-10-6-4-8-17(19)22(23)24/h3-10H,2,11-15H2,1H3. The van der Waals surface area contributed by atoms with E-state index >= 15 is 0 Å². The molecule has 0 spiro atoms. The van der Waals surface area contributed by atoms with E-state index in [4.69, 9.17) is 4.74 Å². The van der Waals surface area contributed by atoms with E-state index in [0.29, 0.717) is 26.2 Å². The second-order valence-electron chi connectivity index (χ2n) is 6.45. The SMILES string of the molecule is CCOc1ccccc1CN1CCN(S(=O)(=O)c2ccccc2[N+](=O)[O-])CC1. The van der Waals surface area contributed by atoms with E-state index in [1.807, 2.05) is 31.2 Å². The normalized spacial score (nSPS) is 16.0. The van der Waals surface area contributed by atoms with E-state index < -0.39 is 20.6 Å². The monoisotopic (exact) mass is 405 g/mol. The van der Waals surface area contributed by atoms with Gasteiger partial charge in [0.2, 0.25) is 10.0 Å². The highest BCUT2D eigenvalue weighted by Gasteiger charge is 2.33. The molecule has 1 aliphatic heterocycles. The highest BCUT2D eigenvalue weighted by molar-refractivity contribution is 7.89. The minimum absolute atomic E-state index is 0.254. The highest BCUT2D eigenvalue weighted by atomic mass is 32.2. The fourth-order valence-corrected chi connectivity index (χ4v) is 4.84. The molecular weight excluding hydrogens is 382 g/mol. The summed E-state index contributed by atoms with van der Waals surface area (Å²) in [6.07, 6.45) is 0. The number of nitro groups is 1. The largest absolute Gasteiger partial charge is 0.494 e. The first-order chi connectivity index (χ1) is 13.4. The van der Waals surface area contributed by atoms with Gasteiger partial charge in [0.15, 0.2) is 4.90 Å². The number of benzene rings is 2. The number of rotatable bonds is 7. The second-order valence-corrected chi connectivity index (χ2v) is 8.35. The van der Waals surface area contributed by atoms with Crippen LogP contribution in [0.15, 0.2) is 53.4 Å². The molecule has 0 bridgehead atoms. The fourth-order valence-electron chi connectivity index (χ4n) is 3.26. The van der Waals surface area contributed by atoms with Crippen molar-refractivity contribution in [3.8, 4) is 5.75 Å². The summed E-state index contributed by atoms with van der Waals surface area (Å²) in [5.74, 6) is 0.833. The molecule has 0 saturated carbocycles. The zero-order chi connectivity index (χ0) is 20.1. The van der Waals surface area contributed by atoms with Gasteiger partial charge in [-0.15, -0.1) is 0 Å². The number of hydrogen-bond donors (Lipinski definition) is 0. The van der Waals surface area contributed by atoms with Gasteiger partial charge in [-0.1, -0.05) is 30.3 Å². The molecule has 0 aliphatic carbocycles. The summed E-state index contributed by atoms with van der Waals surface area (Å²) in [5, 5.41) is 11.2. The predicted octanol–water partition coefficient (Wildman–Crippen LogP) is 2.50. The summed E-state index contributed by atoms with van der Waals surface area (Å²) < 4.78 is 32.8. The van der Waals surface area contributed by atoms with Crippen molar-refractivity contribution in [1.29, 1.82) is 0 Å². The Kier molecular flexibility index (Phi) is 6.28. The van der Waals surface area contributed by atoms with Gasteiger partial charge in [0.25, 0.3) is 5.69 Å². The zero-order valence-corrected chi connectivity index (χ0v) is 16.5. The van der Waals surface area contributed by atoms with E-state index in [0.717, 1.165) is 11.3 Å². The number of nitro benzene ring substituents is 1. The van der Waals surface area contributed by atoms with Crippen molar-refractivity contribution in [1.82, 2.24) is 9.21 Å². The second kappa shape index (κ2) is 8.68. The molecule has 2 aromatic carbocycles. The Morgan fingerprint density at radius 2 is 1.68 bits per heavy atom. The lowest BCUT2D eigenvalue weighted by atomic mass is 10.2. The van der Waals surface area contributed by atoms with Crippen LogP contribution in [-0.4, -0.2) is 55.3 Å². The molecule has 0 N–H and O–H groups in total. The lowest BCUT2D eigenvalue weighted by Gasteiger charge is -2.34. The van der Waals surface area contributed by atoms with Crippen molar-refractivity contribution >= 4 is 15.7 Å². The summed E-state index contributed by atoms with van der Waals surface area (Å²) in [5.41, 5.74) is 0.662. The molecule has 0 aromatic heterocycles. The van der Waals surface area contributed by atoms with Gasteiger partial charge in [0.05, 0.1) is 11.5 Å². The van der Waals surface area contributed by atoms with Crippen LogP contribution in [0.1, 0.15) is 12.5 Å². The lowest BCUT2D eigenvalue weighted by Crippen LogP contribution is -2.48. The van der Waals surface area contributed by atoms with E-state index in [9.17, 15) is 18.5 Å². The molecule has 0 radical (unpaired) electrons. The topological polar surface area (TPSA) is 93.0 Å². The molecule has 0 atom stereocenters. The molecule has 2 aromatic rings. The van der Waals surface area contributed by atoms with Gasteiger partial charge >= 0.3 is 0 Å². The van der Waals surface area contributed by atoms with Crippen LogP contribution in [0.5, 0.6) is 5.75 Å². The number of nitrogens with zero attached hydrogens (tertiary/aromatic N) is 3. The van der Waals surface area contributed by atoms with Crippen molar-refractivity contribution in [3.05, 3.63) is 64.2 Å². The Morgan fingerprint density at radius 1 is 1.04 bits per heavy atom. The van der Waals surface area contributed by atoms with E-state index in [2.05, 4.69) is 4.90 Å². The highest BCUT2D eigenvalue weighted by Crippen LogP contribution is 2.27. The van der Waals surface area contributed by atoms with Crippen molar-refractivity contribution in [2.75, 3.05) is 32.8 Å². The smallest absolute Gasteiger partial charge is 0.289 e. The van der Waals surface area contributed by atoms with Crippen LogP contribution < -0.4 is 4.74 Å². The first kappa shape index (κ1) is 20.2. The van der Waals surface area contributed by atoms with Crippen LogP contribution in [0.3, 0.4) is 0 Å². The van der Waals surface area contributed by atoms with E-state index in [-0.39, 0.29) is 18.0 Å². The Balaban J connectivity index is 1.70. The zero-order valence-electron chi connectivity index (χ0n) is 15.7. The van der Waals surface area contributed by atoms with Crippen LogP contribution in [0.2, 0.25) is 0 Å². The lowest BCUT2D eigenvalue weighted by molar-refractivity contribution is -0.387. The van der Waals surface area contributed by atoms with Crippen LogP contribution >= 0.6 is 0 Å². The third kappa shape index (κ3) is 4.32. The Morgan fingerprint density at radius 3 is 2.36 bits per heavy atom. The number of sulfonamides is 1. The molecular formula is C19H23N3O5S. The van der Waals surface area contributed by atoms with Crippen molar-refractivity contribution in [2.45, 2.75) is 18.4 Å². The number of piperazine rings is 1. The van der Waals surface area contributed by atoms with Crippen molar-refractivity contribution in [2.24, 2.45) is 0 Å². The average molecular weight is 405 g/mol. The molecule has 28 heavy (non-hydrogen) atoms. The maximum Gasteiger partial charge on any atom is 0.289 e. The van der Waals surface area contributed by atoms with Crippen LogP contribution in [0, 0.1) is 10.1 Å². The molecule has 150 valence electrons. The molecule has 3 rings (SSSR count). The summed E-state index contributed by atoms with van der Waals surface area (Å²) in [4.78, 5) is 12.4. The maximum atomic E-state index is 12.9. The minimum atomic E-state index is -3.91. The molecule has 1 saturated heterocycles. The third-order valence-electron chi connectivity index (χ3n) is 4.68. The number of para-hydroxylation sites is 2. The molecule has 8 nitrogen and oxygen atoms in total. The molecule has 9 heteroatoms. The Hall–Kier alpha value is -2.49. The van der Waals surface area contributed by atoms with Crippen molar-refractivity contribution in [3.63, 3.8) is 0 Å². The van der Waals surface area contributed by atoms with Gasteiger partial charge in [-0.2, -0.15) is 4.31 Å². The maximum absolute atomic E-state index is 12.9. The molecule has 1 heterocycles. The Labute approximate surface area is 164 Å². The van der Waals surface area contributed by atoms with Gasteiger partial charge in [-0.05, 0) is 19.1 Å². The molecule has 1 fully saturated rings. The summed E-state index contributed by atoms with van der Waals surface area (Å²) in [7, 11) is -3.91. The summed E-state index contributed by atoms with van der Waals surface area (Å²) >= 11 is 0. The molecule has 1 aliphatic rings. The molecule has 0 unspecified atom stereocenters. The molecule has 0 amide bonds. The Bertz CT molecular complexity index is 940. The first-order valence-corrected chi connectivity index (χ1v) is 10.5. The third-order valence-corrected chi connectivity index (χ3v) is 6.62. The average Bonchev–Trinajstić information content (AvgIpc) is 2.70. The minimum Gasteiger partial charge on any atom is -0.494 e. The summed E-state index contributed by atoms with van der Waals surface area (Å²) in [6, 6.07) is 13.3. The summed E-state index contributed by atoms with van der Waals surface area (Å²) in [6.45, 7) is 4.83. The fraction of sp³-hybridized carbons (Fsp3) is 0.368. The van der Waals surface area contributed by atoms with E-state index in [1.54, 1.807) is 0 Å².